The van der Waals surface area contributed by atoms with Crippen LogP contribution in [0.2, 0.25) is 20.1 Å². The first-order valence-electron chi connectivity index (χ1n) is 17.8. The molecular weight excluding hydrogens is 1090 g/mol. The zero-order chi connectivity index (χ0) is 39.4. The summed E-state index contributed by atoms with van der Waals surface area (Å²) < 4.78 is 14.5. The third kappa shape index (κ3) is 8.03. The highest BCUT2D eigenvalue weighted by Crippen LogP contribution is 2.85. The molecule has 1 nitrogen and oxygen atoms in total. The minimum absolute atomic E-state index is 0. The lowest BCUT2D eigenvalue weighted by molar-refractivity contribution is 0.685. The van der Waals surface area contributed by atoms with Crippen LogP contribution >= 0.6 is 102 Å². The molecule has 0 amide bonds. The largest absolute Gasteiger partial charge is 0.249 e. The van der Waals surface area contributed by atoms with Crippen LogP contribution in [0.1, 0.15) is 22.3 Å². The summed E-state index contributed by atoms with van der Waals surface area (Å²) in [5.41, 5.74) is 9.57. The first-order chi connectivity index (χ1) is 27.7. The van der Waals surface area contributed by atoms with Crippen molar-refractivity contribution >= 4 is 112 Å². The highest BCUT2D eigenvalue weighted by molar-refractivity contribution is 14.1. The minimum atomic E-state index is -1.51. The normalized spacial score (nSPS) is 14.0. The molecule has 1 spiro atoms. The maximum atomic E-state index is 12.1. The van der Waals surface area contributed by atoms with Crippen molar-refractivity contribution in [3.05, 3.63) is 197 Å². The van der Waals surface area contributed by atoms with Crippen LogP contribution in [-0.2, 0) is 10.8 Å². The van der Waals surface area contributed by atoms with Crippen LogP contribution in [0.3, 0.4) is 0 Å². The van der Waals surface area contributed by atoms with Gasteiger partial charge in [-0.05, 0) is 181 Å². The standard InChI is InChI=1S/C24H14Cl2S.C12H7ClI2.C12H7ClOS.3CH4/c25-15-9-11-23-19(13-15)17-5-1-3-7-21(17)27(23)22-8-4-2-6-18(22)20-14-16(26)10-12-24(20)27;13-8-5-6-12(15)10(7-8)9-3-1-2-4-11(9)14;13-8-5-6-12-10(7-8)9-3-1-2-4-11(9)15(12)14;;;/h1-14H;2*1-7H;3*1H4. The predicted octanol–water partition coefficient (Wildman–Crippen LogP) is 18.9. The lowest BCUT2D eigenvalue weighted by Crippen LogP contribution is -1.97. The molecule has 8 aromatic carbocycles. The van der Waals surface area contributed by atoms with Crippen LogP contribution < -0.4 is 0 Å². The number of halogens is 6. The fourth-order valence-corrected chi connectivity index (χ4v) is 15.7. The van der Waals surface area contributed by atoms with Crippen molar-refractivity contribution < 1.29 is 4.21 Å². The van der Waals surface area contributed by atoms with E-state index < -0.39 is 20.8 Å². The second-order valence-corrected chi connectivity index (χ2v) is 21.9. The van der Waals surface area contributed by atoms with E-state index in [1.165, 1.54) is 60.1 Å². The lowest BCUT2D eigenvalue weighted by Gasteiger charge is -2.36. The summed E-state index contributed by atoms with van der Waals surface area (Å²) in [6.45, 7) is 0. The van der Waals surface area contributed by atoms with E-state index in [0.717, 1.165) is 36.0 Å². The van der Waals surface area contributed by atoms with Gasteiger partial charge >= 0.3 is 0 Å². The Morgan fingerprint density at radius 3 is 1.27 bits per heavy atom. The Morgan fingerprint density at radius 2 is 0.717 bits per heavy atom. The highest BCUT2D eigenvalue weighted by atomic mass is 127. The Balaban J connectivity index is 0.000000158. The van der Waals surface area contributed by atoms with Crippen molar-refractivity contribution in [1.82, 2.24) is 0 Å². The third-order valence-corrected chi connectivity index (χ3v) is 18.6. The number of fused-ring (bicyclic) bond motifs is 13. The predicted molar refractivity (Wildman–Crippen MR) is 279 cm³/mol. The molecule has 60 heavy (non-hydrogen) atoms. The number of rotatable bonds is 1. The molecule has 0 radical (unpaired) electrons. The van der Waals surface area contributed by atoms with Crippen molar-refractivity contribution in [3.8, 4) is 44.5 Å². The van der Waals surface area contributed by atoms with Crippen LogP contribution in [-0.4, -0.2) is 4.21 Å². The summed E-state index contributed by atoms with van der Waals surface area (Å²) in [6, 6.07) is 57.8. The van der Waals surface area contributed by atoms with Gasteiger partial charge in [-0.1, -0.05) is 141 Å². The van der Waals surface area contributed by atoms with Crippen LogP contribution in [0.4, 0.5) is 0 Å². The van der Waals surface area contributed by atoms with Crippen LogP contribution in [0.25, 0.3) is 44.5 Å². The molecule has 3 aliphatic heterocycles. The van der Waals surface area contributed by atoms with Crippen molar-refractivity contribution in [2.75, 3.05) is 0 Å². The Kier molecular flexibility index (Phi) is 14.8. The monoisotopic (exact) mass is 1130 g/mol. The molecule has 1 unspecified atom stereocenters. The van der Waals surface area contributed by atoms with Gasteiger partial charge in [0.25, 0.3) is 0 Å². The molecule has 0 saturated carbocycles. The molecule has 11 rings (SSSR count). The Hall–Kier alpha value is -3.12. The van der Waals surface area contributed by atoms with Gasteiger partial charge in [-0.25, -0.2) is 4.21 Å². The Morgan fingerprint density at radius 1 is 0.350 bits per heavy atom. The van der Waals surface area contributed by atoms with E-state index in [2.05, 4.69) is 136 Å². The number of benzene rings is 8. The van der Waals surface area contributed by atoms with Gasteiger partial charge in [-0.2, -0.15) is 0 Å². The lowest BCUT2D eigenvalue weighted by atomic mass is 10.1. The van der Waals surface area contributed by atoms with Gasteiger partial charge in [0, 0.05) is 52.4 Å². The van der Waals surface area contributed by atoms with Gasteiger partial charge < -0.3 is 0 Å². The van der Waals surface area contributed by atoms with E-state index in [0.29, 0.717) is 5.02 Å². The minimum Gasteiger partial charge on any atom is -0.249 e. The maximum Gasteiger partial charge on any atom is 0.0862 e. The zero-order valence-corrected chi connectivity index (χ0v) is 38.6. The molecular formula is C51H40Cl4I2OS2. The first-order valence-corrected chi connectivity index (χ1v) is 24.2. The molecule has 0 fully saturated rings. The fraction of sp³-hybridized carbons (Fsp3) is 0.0588. The second kappa shape index (κ2) is 19.1. The average Bonchev–Trinajstić information content (AvgIpc) is 3.79. The molecule has 3 aliphatic rings. The Bertz CT molecular complexity index is 2830. The summed E-state index contributed by atoms with van der Waals surface area (Å²) >= 11 is 29.4. The van der Waals surface area contributed by atoms with Gasteiger partial charge in [0.15, 0.2) is 0 Å². The van der Waals surface area contributed by atoms with Crippen molar-refractivity contribution in [1.29, 1.82) is 0 Å². The Labute approximate surface area is 405 Å². The van der Waals surface area contributed by atoms with Crippen LogP contribution in [0.15, 0.2) is 199 Å². The molecule has 304 valence electrons. The maximum absolute atomic E-state index is 12.1. The van der Waals surface area contributed by atoms with Crippen LogP contribution in [0.5, 0.6) is 0 Å². The second-order valence-electron chi connectivity index (χ2n) is 13.4. The van der Waals surface area contributed by atoms with Gasteiger partial charge in [-0.3, -0.25) is 0 Å². The summed E-state index contributed by atoms with van der Waals surface area (Å²) in [7, 11) is -2.55. The van der Waals surface area contributed by atoms with E-state index in [4.69, 9.17) is 46.4 Å². The zero-order valence-electron chi connectivity index (χ0n) is 29.7. The summed E-state index contributed by atoms with van der Waals surface area (Å²) in [4.78, 5) is 7.30. The highest BCUT2D eigenvalue weighted by Gasteiger charge is 2.47. The summed E-state index contributed by atoms with van der Waals surface area (Å²) in [6.07, 6.45) is 0. The third-order valence-electron chi connectivity index (χ3n) is 10.2. The van der Waals surface area contributed by atoms with Crippen LogP contribution in [0, 0.1) is 7.14 Å². The van der Waals surface area contributed by atoms with E-state index in [9.17, 15) is 4.21 Å². The molecule has 3 heterocycles. The molecule has 0 aliphatic carbocycles. The van der Waals surface area contributed by atoms with Gasteiger partial charge in [0.1, 0.15) is 0 Å². The summed E-state index contributed by atoms with van der Waals surface area (Å²) in [5, 5.41) is 3.03. The van der Waals surface area contributed by atoms with Gasteiger partial charge in [0.2, 0.25) is 0 Å². The van der Waals surface area contributed by atoms with E-state index in [1.807, 2.05) is 72.8 Å². The number of hydrogen-bond acceptors (Lipinski definition) is 1. The molecule has 9 heteroatoms. The molecule has 8 aromatic rings. The average molecular weight is 1130 g/mol. The quantitative estimate of drug-likeness (QED) is 0.150. The van der Waals surface area contributed by atoms with Crippen molar-refractivity contribution in [2.24, 2.45) is 0 Å². The molecule has 1 atom stereocenters. The van der Waals surface area contributed by atoms with Gasteiger partial charge in [-0.15, -0.1) is 10.0 Å². The topological polar surface area (TPSA) is 17.1 Å². The van der Waals surface area contributed by atoms with E-state index in [-0.39, 0.29) is 22.3 Å². The number of hydrogen-bond donors (Lipinski definition) is 0. The van der Waals surface area contributed by atoms with Crippen molar-refractivity contribution in [3.63, 3.8) is 0 Å². The SMILES string of the molecule is C.C.C.Clc1ccc(I)c(-c2ccccc2I)c1.Clc1ccc2c(c1)-c1ccccc1S21c2ccccc2-c2cc(Cl)ccc21.O=S1c2ccccc2-c2cc(Cl)ccc21. The summed E-state index contributed by atoms with van der Waals surface area (Å²) in [5.74, 6) is 0. The first kappa shape index (κ1) is 46.4. The molecule has 0 bridgehead atoms. The van der Waals surface area contributed by atoms with Crippen molar-refractivity contribution in [2.45, 2.75) is 51.7 Å². The molecule has 0 saturated heterocycles. The van der Waals surface area contributed by atoms with E-state index >= 15 is 0 Å². The van der Waals surface area contributed by atoms with E-state index in [1.54, 1.807) is 6.07 Å². The fourth-order valence-electron chi connectivity index (χ4n) is 7.81. The molecule has 0 aromatic heterocycles. The van der Waals surface area contributed by atoms with Gasteiger partial charge in [0.05, 0.1) is 20.6 Å². The molecule has 0 N–H and O–H groups in total. The smallest absolute Gasteiger partial charge is 0.0862 e.